The van der Waals surface area contributed by atoms with Gasteiger partial charge in [0.15, 0.2) is 0 Å². The SMILES string of the molecule is CCCC(C)NC(=O)C(c1cccc(C)c1C)N(C(=O)C(NC(=O)OC(C)(C)C)C(C)CC)C(C)CC. The van der Waals surface area contributed by atoms with Crippen molar-refractivity contribution in [3.63, 3.8) is 0 Å². The number of nitrogens with zero attached hydrogens (tertiary/aromatic N) is 1. The summed E-state index contributed by atoms with van der Waals surface area (Å²) in [5.74, 6) is -0.643. The average molecular weight is 518 g/mol. The van der Waals surface area contributed by atoms with Crippen molar-refractivity contribution in [1.29, 1.82) is 0 Å². The maximum Gasteiger partial charge on any atom is 0.408 e. The van der Waals surface area contributed by atoms with Gasteiger partial charge in [-0.3, -0.25) is 9.59 Å². The molecule has 5 unspecified atom stereocenters. The van der Waals surface area contributed by atoms with E-state index in [1.54, 1.807) is 25.7 Å². The maximum absolute atomic E-state index is 14.3. The van der Waals surface area contributed by atoms with Crippen LogP contribution in [-0.4, -0.2) is 46.5 Å². The van der Waals surface area contributed by atoms with Crippen LogP contribution in [0.3, 0.4) is 0 Å². The van der Waals surface area contributed by atoms with E-state index in [-0.39, 0.29) is 29.8 Å². The molecule has 7 heteroatoms. The minimum atomic E-state index is -0.831. The molecule has 0 saturated carbocycles. The van der Waals surface area contributed by atoms with E-state index in [1.165, 1.54) is 0 Å². The Morgan fingerprint density at radius 1 is 0.973 bits per heavy atom. The fourth-order valence-electron chi connectivity index (χ4n) is 4.39. The Balaban J connectivity index is 3.65. The Morgan fingerprint density at radius 2 is 1.59 bits per heavy atom. The highest BCUT2D eigenvalue weighted by atomic mass is 16.6. The van der Waals surface area contributed by atoms with Gasteiger partial charge in [0.2, 0.25) is 11.8 Å². The van der Waals surface area contributed by atoms with E-state index < -0.39 is 23.8 Å². The summed E-state index contributed by atoms with van der Waals surface area (Å²) in [4.78, 5) is 42.7. The molecule has 0 fully saturated rings. The van der Waals surface area contributed by atoms with Gasteiger partial charge in [0.05, 0.1) is 0 Å². The van der Waals surface area contributed by atoms with Crippen LogP contribution in [0.4, 0.5) is 4.79 Å². The maximum atomic E-state index is 14.3. The number of alkyl carbamates (subject to hydrolysis) is 1. The van der Waals surface area contributed by atoms with Crippen LogP contribution in [0.1, 0.15) is 111 Å². The predicted octanol–water partition coefficient (Wildman–Crippen LogP) is 6.22. The number of hydrogen-bond acceptors (Lipinski definition) is 4. The molecule has 0 aromatic heterocycles. The number of benzene rings is 1. The summed E-state index contributed by atoms with van der Waals surface area (Å²) >= 11 is 0. The highest BCUT2D eigenvalue weighted by Gasteiger charge is 2.40. The van der Waals surface area contributed by atoms with Crippen LogP contribution in [0.25, 0.3) is 0 Å². The Labute approximate surface area is 225 Å². The normalized spacial score (nSPS) is 15.6. The molecular formula is C30H51N3O4. The summed E-state index contributed by atoms with van der Waals surface area (Å²) in [5, 5.41) is 5.98. The molecule has 0 aliphatic rings. The van der Waals surface area contributed by atoms with Crippen molar-refractivity contribution in [1.82, 2.24) is 15.5 Å². The second kappa shape index (κ2) is 14.4. The van der Waals surface area contributed by atoms with Gasteiger partial charge in [-0.25, -0.2) is 4.79 Å². The molecule has 0 bridgehead atoms. The number of amides is 3. The first kappa shape index (κ1) is 32.5. The van der Waals surface area contributed by atoms with Crippen molar-refractivity contribution in [2.45, 2.75) is 132 Å². The highest BCUT2D eigenvalue weighted by molar-refractivity contribution is 5.93. The lowest BCUT2D eigenvalue weighted by atomic mass is 9.91. The van der Waals surface area contributed by atoms with E-state index in [4.69, 9.17) is 4.74 Å². The average Bonchev–Trinajstić information content (AvgIpc) is 2.80. The van der Waals surface area contributed by atoms with Gasteiger partial charge in [-0.1, -0.05) is 58.7 Å². The zero-order chi connectivity index (χ0) is 28.5. The van der Waals surface area contributed by atoms with E-state index in [0.717, 1.165) is 29.5 Å². The number of ether oxygens (including phenoxy) is 1. The molecule has 2 N–H and O–H groups in total. The lowest BCUT2D eigenvalue weighted by molar-refractivity contribution is -0.146. The van der Waals surface area contributed by atoms with Crippen LogP contribution in [0, 0.1) is 19.8 Å². The summed E-state index contributed by atoms with van der Waals surface area (Å²) in [7, 11) is 0. The Hall–Kier alpha value is -2.57. The fraction of sp³-hybridized carbons (Fsp3) is 0.700. The summed E-state index contributed by atoms with van der Waals surface area (Å²) < 4.78 is 5.49. The van der Waals surface area contributed by atoms with Gasteiger partial charge in [0, 0.05) is 12.1 Å². The van der Waals surface area contributed by atoms with E-state index in [1.807, 2.05) is 66.7 Å². The standard InChI is InChI=1S/C30H51N3O4/c1-12-16-21(6)31-27(34)26(24-18-15-17-20(5)23(24)8)33(22(7)14-3)28(35)25(19(4)13-2)32-29(36)37-30(9,10)11/h15,17-19,21-22,25-26H,12-14,16H2,1-11H3,(H,31,34)(H,32,36). The first-order valence-electron chi connectivity index (χ1n) is 13.9. The number of carbonyl (C=O) groups excluding carboxylic acids is 3. The molecule has 0 aliphatic carbocycles. The van der Waals surface area contributed by atoms with Crippen LogP contribution < -0.4 is 10.6 Å². The van der Waals surface area contributed by atoms with Crippen molar-refractivity contribution in [3.8, 4) is 0 Å². The van der Waals surface area contributed by atoms with Gasteiger partial charge >= 0.3 is 6.09 Å². The lowest BCUT2D eigenvalue weighted by Crippen LogP contribution is -2.57. The quantitative estimate of drug-likeness (QED) is 0.345. The molecule has 1 aromatic carbocycles. The minimum absolute atomic E-state index is 0.0238. The van der Waals surface area contributed by atoms with Gasteiger partial charge in [-0.2, -0.15) is 0 Å². The smallest absolute Gasteiger partial charge is 0.408 e. The lowest BCUT2D eigenvalue weighted by Gasteiger charge is -2.40. The Morgan fingerprint density at radius 3 is 2.11 bits per heavy atom. The molecule has 0 aliphatic heterocycles. The molecule has 0 radical (unpaired) electrons. The molecular weight excluding hydrogens is 466 g/mol. The number of rotatable bonds is 12. The third kappa shape index (κ3) is 9.35. The second-order valence-electron chi connectivity index (χ2n) is 11.4. The third-order valence-corrected chi connectivity index (χ3v) is 7.05. The molecule has 1 aromatic rings. The van der Waals surface area contributed by atoms with Crippen LogP contribution in [-0.2, 0) is 14.3 Å². The molecule has 0 saturated heterocycles. The zero-order valence-corrected chi connectivity index (χ0v) is 25.0. The largest absolute Gasteiger partial charge is 0.444 e. The number of hydrogen-bond donors (Lipinski definition) is 2. The molecule has 1 rings (SSSR count). The third-order valence-electron chi connectivity index (χ3n) is 7.05. The number of carbonyl (C=O) groups is 3. The Kier molecular flexibility index (Phi) is 12.6. The monoisotopic (exact) mass is 517 g/mol. The van der Waals surface area contributed by atoms with Gasteiger partial charge < -0.3 is 20.3 Å². The highest BCUT2D eigenvalue weighted by Crippen LogP contribution is 2.31. The van der Waals surface area contributed by atoms with Crippen LogP contribution in [0.15, 0.2) is 18.2 Å². The summed E-state index contributed by atoms with van der Waals surface area (Å²) in [5.41, 5.74) is 2.14. The van der Waals surface area contributed by atoms with E-state index in [0.29, 0.717) is 12.8 Å². The van der Waals surface area contributed by atoms with E-state index in [9.17, 15) is 14.4 Å². The predicted molar refractivity (Wildman–Crippen MR) is 150 cm³/mol. The second-order valence-corrected chi connectivity index (χ2v) is 11.4. The minimum Gasteiger partial charge on any atom is -0.444 e. The first-order valence-corrected chi connectivity index (χ1v) is 13.9. The summed E-state index contributed by atoms with van der Waals surface area (Å²) in [6, 6.07) is 3.95. The van der Waals surface area contributed by atoms with Gasteiger partial charge in [-0.05, 0) is 83.9 Å². The van der Waals surface area contributed by atoms with Crippen molar-refractivity contribution in [3.05, 3.63) is 34.9 Å². The van der Waals surface area contributed by atoms with Crippen LogP contribution in [0.5, 0.6) is 0 Å². The Bertz CT molecular complexity index is 909. The first-order chi connectivity index (χ1) is 17.2. The van der Waals surface area contributed by atoms with Gasteiger partial charge in [0.1, 0.15) is 17.7 Å². The topological polar surface area (TPSA) is 87.7 Å². The van der Waals surface area contributed by atoms with Gasteiger partial charge in [0.25, 0.3) is 0 Å². The molecule has 5 atom stereocenters. The molecule has 37 heavy (non-hydrogen) atoms. The zero-order valence-electron chi connectivity index (χ0n) is 25.0. The van der Waals surface area contributed by atoms with Crippen LogP contribution >= 0.6 is 0 Å². The van der Waals surface area contributed by atoms with Gasteiger partial charge in [-0.15, -0.1) is 0 Å². The fourth-order valence-corrected chi connectivity index (χ4v) is 4.39. The van der Waals surface area contributed by atoms with Crippen molar-refractivity contribution in [2.75, 3.05) is 0 Å². The molecule has 0 spiro atoms. The van der Waals surface area contributed by atoms with Crippen LogP contribution in [0.2, 0.25) is 0 Å². The van der Waals surface area contributed by atoms with Crippen molar-refractivity contribution < 1.29 is 19.1 Å². The molecule has 3 amide bonds. The van der Waals surface area contributed by atoms with E-state index in [2.05, 4.69) is 17.6 Å². The number of aryl methyl sites for hydroxylation is 1. The van der Waals surface area contributed by atoms with E-state index >= 15 is 0 Å². The molecule has 210 valence electrons. The summed E-state index contributed by atoms with van der Waals surface area (Å²) in [6.45, 7) is 21.3. The molecule has 0 heterocycles. The molecule has 7 nitrogen and oxygen atoms in total. The summed E-state index contributed by atoms with van der Waals surface area (Å²) in [6.07, 6.45) is 2.48. The van der Waals surface area contributed by atoms with Crippen molar-refractivity contribution in [2.24, 2.45) is 5.92 Å². The van der Waals surface area contributed by atoms with Crippen molar-refractivity contribution >= 4 is 17.9 Å². The number of nitrogens with one attached hydrogen (secondary N) is 2.